The first-order valence-corrected chi connectivity index (χ1v) is 5.02. The van der Waals surface area contributed by atoms with Gasteiger partial charge in [-0.2, -0.15) is 0 Å². The van der Waals surface area contributed by atoms with Gasteiger partial charge in [0.1, 0.15) is 5.82 Å². The molecule has 0 aliphatic heterocycles. The number of hydrogen-bond acceptors (Lipinski definition) is 2. The van der Waals surface area contributed by atoms with Crippen molar-refractivity contribution < 1.29 is 13.6 Å². The lowest BCUT2D eigenvalue weighted by molar-refractivity contribution is 0.100. The van der Waals surface area contributed by atoms with E-state index in [0.717, 1.165) is 0 Å². The average molecular weight is 269 g/mol. The highest BCUT2D eigenvalue weighted by Gasteiger charge is 2.16. The third-order valence-electron chi connectivity index (χ3n) is 1.92. The lowest BCUT2D eigenvalue weighted by Gasteiger charge is -1.98. The van der Waals surface area contributed by atoms with E-state index in [-0.39, 0.29) is 11.3 Å². The van der Waals surface area contributed by atoms with Crippen LogP contribution >= 0.6 is 15.9 Å². The molecule has 0 spiro atoms. The van der Waals surface area contributed by atoms with Crippen LogP contribution in [0.15, 0.2) is 45.5 Å². The summed E-state index contributed by atoms with van der Waals surface area (Å²) in [5.41, 5.74) is 0.0133. The lowest BCUT2D eigenvalue weighted by atomic mass is 10.1. The van der Waals surface area contributed by atoms with E-state index in [1.165, 1.54) is 24.3 Å². The summed E-state index contributed by atoms with van der Waals surface area (Å²) in [5.74, 6) is -0.888. The molecule has 0 radical (unpaired) electrons. The first-order chi connectivity index (χ1) is 7.18. The first-order valence-electron chi connectivity index (χ1n) is 4.23. The van der Waals surface area contributed by atoms with Crippen LogP contribution in [0.4, 0.5) is 4.39 Å². The van der Waals surface area contributed by atoms with Crippen LogP contribution in [0.1, 0.15) is 16.1 Å². The summed E-state index contributed by atoms with van der Waals surface area (Å²) in [5, 5.41) is 0. The van der Waals surface area contributed by atoms with Crippen molar-refractivity contribution in [1.82, 2.24) is 0 Å². The monoisotopic (exact) mass is 268 g/mol. The van der Waals surface area contributed by atoms with Crippen molar-refractivity contribution in [3.05, 3.63) is 58.2 Å². The SMILES string of the molecule is O=C(c1ccc(Br)o1)c1ccccc1F. The Hall–Kier alpha value is -1.42. The summed E-state index contributed by atoms with van der Waals surface area (Å²) in [4.78, 5) is 11.7. The number of rotatable bonds is 2. The summed E-state index contributed by atoms with van der Waals surface area (Å²) < 4.78 is 18.8. The van der Waals surface area contributed by atoms with Gasteiger partial charge < -0.3 is 4.42 Å². The zero-order valence-corrected chi connectivity index (χ0v) is 9.12. The molecule has 0 amide bonds. The van der Waals surface area contributed by atoms with Crippen molar-refractivity contribution in [3.8, 4) is 0 Å². The van der Waals surface area contributed by atoms with E-state index in [1.807, 2.05) is 0 Å². The quantitative estimate of drug-likeness (QED) is 0.782. The van der Waals surface area contributed by atoms with Crippen LogP contribution in [0.5, 0.6) is 0 Å². The van der Waals surface area contributed by atoms with E-state index in [0.29, 0.717) is 4.67 Å². The van der Waals surface area contributed by atoms with Crippen molar-refractivity contribution in [2.75, 3.05) is 0 Å². The Morgan fingerprint density at radius 3 is 2.53 bits per heavy atom. The Balaban J connectivity index is 2.41. The molecule has 0 atom stereocenters. The van der Waals surface area contributed by atoms with Crippen LogP contribution in [0.2, 0.25) is 0 Å². The van der Waals surface area contributed by atoms with Gasteiger partial charge >= 0.3 is 0 Å². The van der Waals surface area contributed by atoms with Gasteiger partial charge in [0.2, 0.25) is 5.78 Å². The third kappa shape index (κ3) is 1.99. The van der Waals surface area contributed by atoms with Gasteiger partial charge in [0, 0.05) is 0 Å². The predicted molar refractivity (Wildman–Crippen MR) is 56.2 cm³/mol. The second-order valence-corrected chi connectivity index (χ2v) is 3.69. The summed E-state index contributed by atoms with van der Waals surface area (Å²) in [7, 11) is 0. The Morgan fingerprint density at radius 2 is 1.93 bits per heavy atom. The van der Waals surface area contributed by atoms with Crippen molar-refractivity contribution in [2.24, 2.45) is 0 Å². The van der Waals surface area contributed by atoms with Gasteiger partial charge in [-0.15, -0.1) is 0 Å². The molecule has 1 aromatic carbocycles. The van der Waals surface area contributed by atoms with E-state index in [4.69, 9.17) is 4.42 Å². The van der Waals surface area contributed by atoms with Gasteiger partial charge in [-0.3, -0.25) is 4.79 Å². The molecule has 15 heavy (non-hydrogen) atoms. The molecule has 1 aromatic heterocycles. The van der Waals surface area contributed by atoms with Gasteiger partial charge in [-0.25, -0.2) is 4.39 Å². The van der Waals surface area contributed by atoms with E-state index in [9.17, 15) is 9.18 Å². The summed E-state index contributed by atoms with van der Waals surface area (Å²) >= 11 is 3.08. The van der Waals surface area contributed by atoms with Crippen molar-refractivity contribution in [3.63, 3.8) is 0 Å². The summed E-state index contributed by atoms with van der Waals surface area (Å²) in [6.45, 7) is 0. The number of benzene rings is 1. The van der Waals surface area contributed by atoms with Crippen molar-refractivity contribution in [2.45, 2.75) is 0 Å². The van der Waals surface area contributed by atoms with Crippen LogP contribution in [-0.4, -0.2) is 5.78 Å². The zero-order valence-electron chi connectivity index (χ0n) is 7.54. The average Bonchev–Trinajstić information content (AvgIpc) is 2.65. The van der Waals surface area contributed by atoms with Gasteiger partial charge in [0.25, 0.3) is 0 Å². The minimum absolute atomic E-state index is 0.0133. The normalized spacial score (nSPS) is 10.3. The first kappa shape index (κ1) is 10.1. The highest BCUT2D eigenvalue weighted by atomic mass is 79.9. The van der Waals surface area contributed by atoms with E-state index >= 15 is 0 Å². The Labute approximate surface area is 93.8 Å². The summed E-state index contributed by atoms with van der Waals surface area (Å²) in [6, 6.07) is 8.89. The minimum atomic E-state index is -0.546. The highest BCUT2D eigenvalue weighted by Crippen LogP contribution is 2.18. The highest BCUT2D eigenvalue weighted by molar-refractivity contribution is 9.10. The van der Waals surface area contributed by atoms with Crippen molar-refractivity contribution in [1.29, 1.82) is 0 Å². The molecule has 0 unspecified atom stereocenters. The van der Waals surface area contributed by atoms with Crippen LogP contribution < -0.4 is 0 Å². The fraction of sp³-hybridized carbons (Fsp3) is 0. The van der Waals surface area contributed by atoms with Gasteiger partial charge in [0.15, 0.2) is 10.4 Å². The zero-order chi connectivity index (χ0) is 10.8. The second-order valence-electron chi connectivity index (χ2n) is 2.91. The molecule has 0 N–H and O–H groups in total. The molecule has 0 aliphatic rings. The molecule has 0 aliphatic carbocycles. The van der Waals surface area contributed by atoms with Crippen molar-refractivity contribution >= 4 is 21.7 Å². The number of ketones is 1. The molecular formula is C11H6BrFO2. The number of carbonyl (C=O) groups excluding carboxylic acids is 1. The molecule has 0 fully saturated rings. The van der Waals surface area contributed by atoms with Gasteiger partial charge in [-0.1, -0.05) is 12.1 Å². The Kier molecular flexibility index (Phi) is 2.68. The van der Waals surface area contributed by atoms with Gasteiger partial charge in [0.05, 0.1) is 5.56 Å². The lowest BCUT2D eigenvalue weighted by Crippen LogP contribution is -2.02. The minimum Gasteiger partial charge on any atom is -0.446 e. The molecule has 2 nitrogen and oxygen atoms in total. The predicted octanol–water partition coefficient (Wildman–Crippen LogP) is 3.41. The van der Waals surface area contributed by atoms with Gasteiger partial charge in [-0.05, 0) is 40.2 Å². The molecule has 1 heterocycles. The largest absolute Gasteiger partial charge is 0.446 e. The number of carbonyl (C=O) groups is 1. The fourth-order valence-electron chi connectivity index (χ4n) is 1.21. The molecule has 4 heteroatoms. The van der Waals surface area contributed by atoms with Crippen LogP contribution in [0.25, 0.3) is 0 Å². The third-order valence-corrected chi connectivity index (χ3v) is 2.34. The smallest absolute Gasteiger partial charge is 0.231 e. The topological polar surface area (TPSA) is 30.2 Å². The van der Waals surface area contributed by atoms with E-state index in [2.05, 4.69) is 15.9 Å². The standard InChI is InChI=1S/C11H6BrFO2/c12-10-6-5-9(15-10)11(14)7-3-1-2-4-8(7)13/h1-6H. The maximum absolute atomic E-state index is 13.3. The molecule has 2 rings (SSSR count). The molecule has 0 bridgehead atoms. The molecule has 0 saturated heterocycles. The van der Waals surface area contributed by atoms with E-state index < -0.39 is 11.6 Å². The molecule has 2 aromatic rings. The summed E-state index contributed by atoms with van der Waals surface area (Å²) in [6.07, 6.45) is 0. The van der Waals surface area contributed by atoms with E-state index in [1.54, 1.807) is 12.1 Å². The number of furan rings is 1. The maximum Gasteiger partial charge on any atom is 0.231 e. The van der Waals surface area contributed by atoms with Crippen LogP contribution in [-0.2, 0) is 0 Å². The molecule has 0 saturated carbocycles. The van der Waals surface area contributed by atoms with Crippen LogP contribution in [0, 0.1) is 5.82 Å². The number of halogens is 2. The molecule has 76 valence electrons. The Morgan fingerprint density at radius 1 is 1.20 bits per heavy atom. The second kappa shape index (κ2) is 3.98. The molecular weight excluding hydrogens is 263 g/mol. The van der Waals surface area contributed by atoms with Crippen LogP contribution in [0.3, 0.4) is 0 Å². The Bertz CT molecular complexity index is 505. The number of hydrogen-bond donors (Lipinski definition) is 0. The maximum atomic E-state index is 13.3. The fourth-order valence-corrected chi connectivity index (χ4v) is 1.52.